The number of ether oxygens (including phenoxy) is 2. The highest BCUT2D eigenvalue weighted by Crippen LogP contribution is 2.30. The molecule has 7 unspecified atom stereocenters. The van der Waals surface area contributed by atoms with Gasteiger partial charge in [-0.3, -0.25) is 0 Å². The van der Waals surface area contributed by atoms with Crippen LogP contribution in [0.5, 0.6) is 0 Å². The first kappa shape index (κ1) is 38.4. The van der Waals surface area contributed by atoms with E-state index >= 15 is 0 Å². The van der Waals surface area contributed by atoms with Gasteiger partial charge in [0.1, 0.15) is 6.79 Å². The maximum atomic E-state index is 5.71. The zero-order valence-electron chi connectivity index (χ0n) is 27.4. The van der Waals surface area contributed by atoms with Crippen molar-refractivity contribution in [3.63, 3.8) is 0 Å². The van der Waals surface area contributed by atoms with Crippen LogP contribution in [0.25, 0.3) is 0 Å². The summed E-state index contributed by atoms with van der Waals surface area (Å²) in [7, 11) is 0. The highest BCUT2D eigenvalue weighted by atomic mass is 79.9. The van der Waals surface area contributed by atoms with E-state index in [1.165, 1.54) is 96.3 Å². The number of hydrogen-bond acceptors (Lipinski definition) is 2. The number of unbranched alkanes of at least 4 members (excludes halogenated alkanes) is 5. The van der Waals surface area contributed by atoms with Crippen LogP contribution in [0.2, 0.25) is 0 Å². The maximum absolute atomic E-state index is 5.71. The number of halogens is 1. The standard InChI is InChI=1S/C35H71BrO2/c1-9-10-11-12-13-14-20-37-28-38-21-16-18-30(3)23-32(5)25-34(7)27-35(8)26-33(6)24-31(4)22-29(2)17-15-19-36/h29-35H,9-28H2,1-8H3. The second kappa shape index (κ2) is 26.3. The molecule has 0 rings (SSSR count). The Labute approximate surface area is 249 Å². The fraction of sp³-hybridized carbons (Fsp3) is 1.00. The summed E-state index contributed by atoms with van der Waals surface area (Å²) in [6.45, 7) is 21.8. The molecule has 230 valence electrons. The average molecular weight is 604 g/mol. The van der Waals surface area contributed by atoms with Crippen LogP contribution in [0.4, 0.5) is 0 Å². The minimum Gasteiger partial charge on any atom is -0.355 e. The van der Waals surface area contributed by atoms with Crippen LogP contribution in [0.15, 0.2) is 0 Å². The molecule has 0 saturated carbocycles. The van der Waals surface area contributed by atoms with E-state index in [0.29, 0.717) is 6.79 Å². The molecule has 0 saturated heterocycles. The third kappa shape index (κ3) is 25.4. The Kier molecular flexibility index (Phi) is 26.6. The molecule has 0 aliphatic carbocycles. The summed E-state index contributed by atoms with van der Waals surface area (Å²) in [5, 5.41) is 1.15. The third-order valence-corrected chi connectivity index (χ3v) is 9.01. The van der Waals surface area contributed by atoms with Gasteiger partial charge < -0.3 is 9.47 Å². The van der Waals surface area contributed by atoms with E-state index in [2.05, 4.69) is 71.3 Å². The predicted molar refractivity (Wildman–Crippen MR) is 174 cm³/mol. The molecule has 0 spiro atoms. The molecule has 0 aliphatic rings. The quantitative estimate of drug-likeness (QED) is 0.0503. The predicted octanol–water partition coefficient (Wildman–Crippen LogP) is 12.1. The van der Waals surface area contributed by atoms with E-state index in [1.54, 1.807) is 0 Å². The molecule has 0 aromatic rings. The van der Waals surface area contributed by atoms with Crippen molar-refractivity contribution in [1.82, 2.24) is 0 Å². The second-order valence-corrected chi connectivity index (χ2v) is 14.6. The lowest BCUT2D eigenvalue weighted by Crippen LogP contribution is -2.14. The molecule has 38 heavy (non-hydrogen) atoms. The minimum atomic E-state index is 0.476. The summed E-state index contributed by atoms with van der Waals surface area (Å²) in [6, 6.07) is 0. The van der Waals surface area contributed by atoms with Crippen LogP contribution in [0.3, 0.4) is 0 Å². The highest BCUT2D eigenvalue weighted by Gasteiger charge is 2.18. The number of hydrogen-bond donors (Lipinski definition) is 0. The van der Waals surface area contributed by atoms with Gasteiger partial charge in [0.15, 0.2) is 0 Å². The minimum absolute atomic E-state index is 0.476. The van der Waals surface area contributed by atoms with Gasteiger partial charge in [0.25, 0.3) is 0 Å². The highest BCUT2D eigenvalue weighted by molar-refractivity contribution is 9.09. The van der Waals surface area contributed by atoms with Gasteiger partial charge in [0, 0.05) is 18.5 Å². The summed E-state index contributed by atoms with van der Waals surface area (Å²) in [6.07, 6.45) is 21.3. The number of alkyl halides is 1. The maximum Gasteiger partial charge on any atom is 0.146 e. The monoisotopic (exact) mass is 602 g/mol. The Morgan fingerprint density at radius 3 is 1.26 bits per heavy atom. The van der Waals surface area contributed by atoms with Crippen molar-refractivity contribution >= 4 is 15.9 Å². The molecule has 0 aromatic carbocycles. The molecule has 3 heteroatoms. The van der Waals surface area contributed by atoms with Gasteiger partial charge >= 0.3 is 0 Å². The van der Waals surface area contributed by atoms with Crippen LogP contribution in [0.1, 0.15) is 158 Å². The first-order valence-electron chi connectivity index (χ1n) is 16.9. The van der Waals surface area contributed by atoms with Crippen molar-refractivity contribution in [2.75, 3.05) is 25.3 Å². The Bertz CT molecular complexity index is 485. The van der Waals surface area contributed by atoms with Gasteiger partial charge in [-0.05, 0) is 112 Å². The molecule has 0 radical (unpaired) electrons. The molecule has 0 amide bonds. The van der Waals surface area contributed by atoms with Crippen molar-refractivity contribution < 1.29 is 9.47 Å². The number of rotatable bonds is 28. The smallest absolute Gasteiger partial charge is 0.146 e. The fourth-order valence-corrected chi connectivity index (χ4v) is 7.28. The fourth-order valence-electron chi connectivity index (χ4n) is 6.96. The zero-order chi connectivity index (χ0) is 28.6. The molecular weight excluding hydrogens is 532 g/mol. The SMILES string of the molecule is CCCCCCCCOCOCCCC(C)CC(C)CC(C)CC(C)CC(C)CC(C)CC(C)CCCBr. The van der Waals surface area contributed by atoms with Gasteiger partial charge in [-0.2, -0.15) is 0 Å². The summed E-state index contributed by atoms with van der Waals surface area (Å²) in [5.74, 6) is 5.90. The zero-order valence-corrected chi connectivity index (χ0v) is 29.0. The topological polar surface area (TPSA) is 18.5 Å². The van der Waals surface area contributed by atoms with Crippen molar-refractivity contribution in [3.05, 3.63) is 0 Å². The third-order valence-electron chi connectivity index (χ3n) is 8.45. The van der Waals surface area contributed by atoms with Crippen LogP contribution < -0.4 is 0 Å². The Balaban J connectivity index is 3.83. The molecule has 0 fully saturated rings. The molecular formula is C35H71BrO2. The first-order chi connectivity index (χ1) is 18.2. The van der Waals surface area contributed by atoms with Gasteiger partial charge in [0.05, 0.1) is 0 Å². The van der Waals surface area contributed by atoms with Crippen molar-refractivity contribution in [2.45, 2.75) is 158 Å². The van der Waals surface area contributed by atoms with E-state index in [9.17, 15) is 0 Å². The normalized spacial score (nSPS) is 17.6. The van der Waals surface area contributed by atoms with E-state index in [4.69, 9.17) is 9.47 Å². The van der Waals surface area contributed by atoms with Crippen LogP contribution >= 0.6 is 15.9 Å². The summed E-state index contributed by atoms with van der Waals surface area (Å²) in [5.41, 5.74) is 0. The Hall–Kier alpha value is 0.400. The van der Waals surface area contributed by atoms with Crippen LogP contribution in [-0.2, 0) is 9.47 Å². The molecule has 2 nitrogen and oxygen atoms in total. The molecule has 0 aromatic heterocycles. The largest absolute Gasteiger partial charge is 0.355 e. The van der Waals surface area contributed by atoms with E-state index < -0.39 is 0 Å². The first-order valence-corrected chi connectivity index (χ1v) is 18.0. The molecule has 0 N–H and O–H groups in total. The van der Waals surface area contributed by atoms with Crippen molar-refractivity contribution in [3.8, 4) is 0 Å². The van der Waals surface area contributed by atoms with Crippen LogP contribution in [0, 0.1) is 41.4 Å². The average Bonchev–Trinajstić information content (AvgIpc) is 2.82. The lowest BCUT2D eigenvalue weighted by atomic mass is 9.80. The van der Waals surface area contributed by atoms with Crippen LogP contribution in [-0.4, -0.2) is 25.3 Å². The second-order valence-electron chi connectivity index (χ2n) is 13.8. The molecule has 0 heterocycles. The van der Waals surface area contributed by atoms with Gasteiger partial charge in [0.2, 0.25) is 0 Å². The lowest BCUT2D eigenvalue weighted by Gasteiger charge is -2.26. The Morgan fingerprint density at radius 1 is 0.447 bits per heavy atom. The van der Waals surface area contributed by atoms with E-state index in [-0.39, 0.29) is 0 Å². The van der Waals surface area contributed by atoms with Crippen molar-refractivity contribution in [2.24, 2.45) is 41.4 Å². The molecule has 0 bridgehead atoms. The van der Waals surface area contributed by atoms with E-state index in [0.717, 1.165) is 66.4 Å². The molecule has 7 atom stereocenters. The summed E-state index contributed by atoms with van der Waals surface area (Å²) < 4.78 is 11.3. The van der Waals surface area contributed by atoms with E-state index in [1.807, 2.05) is 0 Å². The summed E-state index contributed by atoms with van der Waals surface area (Å²) >= 11 is 3.58. The summed E-state index contributed by atoms with van der Waals surface area (Å²) in [4.78, 5) is 0. The van der Waals surface area contributed by atoms with Gasteiger partial charge in [-0.15, -0.1) is 0 Å². The lowest BCUT2D eigenvalue weighted by molar-refractivity contribution is -0.0561. The molecule has 0 aliphatic heterocycles. The van der Waals surface area contributed by atoms with Crippen molar-refractivity contribution in [1.29, 1.82) is 0 Å². The van der Waals surface area contributed by atoms with Gasteiger partial charge in [-0.25, -0.2) is 0 Å². The Morgan fingerprint density at radius 2 is 0.816 bits per heavy atom. The van der Waals surface area contributed by atoms with Gasteiger partial charge in [-0.1, -0.05) is 103 Å².